The van der Waals surface area contributed by atoms with Crippen molar-refractivity contribution in [3.05, 3.63) is 112 Å². The molecular weight excluding hydrogens is 731 g/mol. The number of allylic oxidation sites excluding steroid dienone is 5. The number of carbonyl (C=O) groups excluding carboxylic acids is 2. The summed E-state index contributed by atoms with van der Waals surface area (Å²) in [5, 5.41) is 12.4. The molecule has 2 saturated carbocycles. The van der Waals surface area contributed by atoms with Gasteiger partial charge in [0.15, 0.2) is 5.78 Å². The van der Waals surface area contributed by atoms with Crippen molar-refractivity contribution in [3.8, 4) is 0 Å². The Kier molecular flexibility index (Phi) is 13.6. The van der Waals surface area contributed by atoms with Gasteiger partial charge in [-0.05, 0) is 131 Å². The summed E-state index contributed by atoms with van der Waals surface area (Å²) in [7, 11) is -0.748. The third-order valence-corrected chi connectivity index (χ3v) is 20.0. The van der Waals surface area contributed by atoms with E-state index in [1.807, 2.05) is 30.3 Å². The highest BCUT2D eigenvalue weighted by atomic mass is 28.3. The number of aliphatic hydroxyl groups is 1. The van der Waals surface area contributed by atoms with Gasteiger partial charge in [0.25, 0.3) is 5.91 Å². The molecule has 3 aromatic rings. The van der Waals surface area contributed by atoms with Gasteiger partial charge in [-0.2, -0.15) is 0 Å². The zero-order valence-electron chi connectivity index (χ0n) is 35.9. The number of aliphatic hydroxyl groups excluding tert-OH is 1. The maximum Gasteiger partial charge on any atom is 0.253 e. The van der Waals surface area contributed by atoms with E-state index in [9.17, 15) is 14.7 Å². The monoisotopic (exact) mass is 797 g/mol. The third kappa shape index (κ3) is 8.18. The minimum atomic E-state index is -2.47. The third-order valence-electron chi connectivity index (χ3n) is 13.7. The standard InChI is InChI=1S/C51H67N3O3Si/c1-6-8-32-53(31-7-2)42-27-29-46-48(35-42)58(44-15-11-9-12-16-44,45-17-13-10-14-18-45)49-36-43(56)28-30-47(49)50(46)38-19-23-40(24-20-38)54(37(3)4)41-25-21-39(22-26-41)51(57)52(5)33-34-55/h19-30,35-37,44-45,55H,6-18,31-34H2,1-5H3. The van der Waals surface area contributed by atoms with Gasteiger partial charge in [0.2, 0.25) is 0 Å². The van der Waals surface area contributed by atoms with Crippen LogP contribution in [0.5, 0.6) is 0 Å². The molecule has 2 fully saturated rings. The van der Waals surface area contributed by atoms with Crippen LogP contribution in [0.4, 0.5) is 17.1 Å². The second-order valence-corrected chi connectivity index (χ2v) is 22.1. The fraction of sp³-hybridized carbons (Fsp3) is 0.490. The molecule has 1 heterocycles. The Morgan fingerprint density at radius 1 is 0.759 bits per heavy atom. The number of hydrogen-bond acceptors (Lipinski definition) is 5. The summed E-state index contributed by atoms with van der Waals surface area (Å²) in [6.07, 6.45) is 22.7. The highest BCUT2D eigenvalue weighted by Gasteiger charge is 2.56. The van der Waals surface area contributed by atoms with Gasteiger partial charge >= 0.3 is 0 Å². The SMILES string of the molecule is CCCCN(CCC)c1ccc2c(c1)[Si](C1CCCCC1)(C1CCCCC1)C1=CC(=O)C=CC1=C2c1ccc(N(c2ccc(C(=O)N(C)CCO)cc2)C(C)C)cc1. The second-order valence-electron chi connectivity index (χ2n) is 17.7. The zero-order chi connectivity index (χ0) is 40.8. The average Bonchev–Trinajstić information content (AvgIpc) is 3.25. The summed E-state index contributed by atoms with van der Waals surface area (Å²) in [4.78, 5) is 33.2. The van der Waals surface area contributed by atoms with Crippen LogP contribution in [0.15, 0.2) is 95.7 Å². The van der Waals surface area contributed by atoms with E-state index in [0.29, 0.717) is 23.2 Å². The zero-order valence-corrected chi connectivity index (χ0v) is 36.9. The molecule has 6 nitrogen and oxygen atoms in total. The maximum absolute atomic E-state index is 13.7. The molecule has 0 unspecified atom stereocenters. The number of hydrogen-bond donors (Lipinski definition) is 1. The molecule has 1 amide bonds. The number of rotatable bonds is 15. The van der Waals surface area contributed by atoms with E-state index in [4.69, 9.17) is 0 Å². The van der Waals surface area contributed by atoms with Gasteiger partial charge in [0.05, 0.1) is 6.61 Å². The summed E-state index contributed by atoms with van der Waals surface area (Å²) in [6, 6.07) is 24.7. The summed E-state index contributed by atoms with van der Waals surface area (Å²) in [5.74, 6) is 0.0628. The molecule has 1 aliphatic heterocycles. The summed E-state index contributed by atoms with van der Waals surface area (Å²) in [5.41, 5.74) is 10.6. The fourth-order valence-electron chi connectivity index (χ4n) is 11.1. The van der Waals surface area contributed by atoms with Crippen LogP contribution in [0.2, 0.25) is 11.1 Å². The van der Waals surface area contributed by atoms with Gasteiger partial charge in [-0.1, -0.05) is 109 Å². The van der Waals surface area contributed by atoms with Crippen molar-refractivity contribution in [1.82, 2.24) is 4.90 Å². The number of unbranched alkanes of at least 4 members (excludes halogenated alkanes) is 1. The van der Waals surface area contributed by atoms with Crippen molar-refractivity contribution in [3.63, 3.8) is 0 Å². The Balaban J connectivity index is 1.37. The molecule has 0 bridgehead atoms. The number of benzene rings is 3. The van der Waals surface area contributed by atoms with Gasteiger partial charge < -0.3 is 19.8 Å². The van der Waals surface area contributed by atoms with Crippen LogP contribution in [-0.4, -0.2) is 69.1 Å². The number of fused-ring (bicyclic) bond motifs is 2. The van der Waals surface area contributed by atoms with Crippen molar-refractivity contribution in [2.24, 2.45) is 0 Å². The molecule has 7 heteroatoms. The van der Waals surface area contributed by atoms with Crippen LogP contribution in [-0.2, 0) is 4.79 Å². The van der Waals surface area contributed by atoms with E-state index in [-0.39, 0.29) is 24.3 Å². The molecule has 0 aromatic heterocycles. The Morgan fingerprint density at radius 3 is 1.93 bits per heavy atom. The van der Waals surface area contributed by atoms with Crippen molar-refractivity contribution in [1.29, 1.82) is 0 Å². The van der Waals surface area contributed by atoms with E-state index in [0.717, 1.165) is 30.9 Å². The molecule has 3 aromatic carbocycles. The Morgan fingerprint density at radius 2 is 1.36 bits per heavy atom. The first-order chi connectivity index (χ1) is 28.2. The first kappa shape index (κ1) is 41.9. The summed E-state index contributed by atoms with van der Waals surface area (Å²) < 4.78 is 0. The number of likely N-dealkylation sites (N-methyl/N-ethyl adjacent to an activating group) is 1. The smallest absolute Gasteiger partial charge is 0.253 e. The van der Waals surface area contributed by atoms with E-state index in [2.05, 4.69) is 92.1 Å². The maximum atomic E-state index is 13.7. The van der Waals surface area contributed by atoms with Crippen LogP contribution >= 0.6 is 0 Å². The first-order valence-electron chi connectivity index (χ1n) is 22.7. The summed E-state index contributed by atoms with van der Waals surface area (Å²) >= 11 is 0. The number of nitrogens with zero attached hydrogens (tertiary/aromatic N) is 3. The molecule has 58 heavy (non-hydrogen) atoms. The molecule has 0 radical (unpaired) electrons. The van der Waals surface area contributed by atoms with E-state index < -0.39 is 8.07 Å². The Bertz CT molecular complexity index is 1980. The number of amides is 1. The molecule has 308 valence electrons. The lowest BCUT2D eigenvalue weighted by Gasteiger charge is -2.53. The molecule has 3 aliphatic carbocycles. The Labute approximate surface area is 349 Å². The fourth-order valence-corrected chi connectivity index (χ4v) is 18.5. The lowest BCUT2D eigenvalue weighted by Crippen LogP contribution is -2.61. The largest absolute Gasteiger partial charge is 0.395 e. The van der Waals surface area contributed by atoms with Crippen molar-refractivity contribution in [2.75, 3.05) is 43.1 Å². The van der Waals surface area contributed by atoms with E-state index in [1.165, 1.54) is 110 Å². The highest BCUT2D eigenvalue weighted by Crippen LogP contribution is 2.57. The Hall–Kier alpha value is -4.20. The number of ketones is 1. The average molecular weight is 798 g/mol. The van der Waals surface area contributed by atoms with E-state index in [1.54, 1.807) is 17.1 Å². The summed E-state index contributed by atoms with van der Waals surface area (Å²) in [6.45, 7) is 11.4. The van der Waals surface area contributed by atoms with Crippen LogP contribution < -0.4 is 15.0 Å². The van der Waals surface area contributed by atoms with Crippen LogP contribution in [0.25, 0.3) is 5.57 Å². The predicted molar refractivity (Wildman–Crippen MR) is 245 cm³/mol. The topological polar surface area (TPSA) is 64.1 Å². The van der Waals surface area contributed by atoms with Crippen LogP contribution in [0.3, 0.4) is 0 Å². The molecule has 1 N–H and O–H groups in total. The molecule has 0 atom stereocenters. The van der Waals surface area contributed by atoms with Crippen molar-refractivity contribution < 1.29 is 14.7 Å². The minimum absolute atomic E-state index is 0.0606. The molecule has 7 rings (SSSR count). The lowest BCUT2D eigenvalue weighted by molar-refractivity contribution is -0.110. The van der Waals surface area contributed by atoms with Gasteiger partial charge in [0.1, 0.15) is 8.07 Å². The molecular formula is C51H67N3O3Si. The lowest BCUT2D eigenvalue weighted by atomic mass is 9.89. The van der Waals surface area contributed by atoms with Crippen molar-refractivity contribution >= 4 is 47.6 Å². The van der Waals surface area contributed by atoms with Crippen LogP contribution in [0.1, 0.15) is 133 Å². The second kappa shape index (κ2) is 18.8. The minimum Gasteiger partial charge on any atom is -0.395 e. The van der Waals surface area contributed by atoms with Gasteiger partial charge in [-0.25, -0.2) is 0 Å². The van der Waals surface area contributed by atoms with Crippen LogP contribution in [0, 0.1) is 0 Å². The normalized spacial score (nSPS) is 18.2. The predicted octanol–water partition coefficient (Wildman–Crippen LogP) is 11.1. The van der Waals surface area contributed by atoms with Gasteiger partial charge in [-0.15, -0.1) is 0 Å². The first-order valence-corrected chi connectivity index (χ1v) is 24.8. The quantitative estimate of drug-likeness (QED) is 0.155. The molecule has 0 saturated heterocycles. The highest BCUT2D eigenvalue weighted by molar-refractivity contribution is 7.02. The van der Waals surface area contributed by atoms with Crippen molar-refractivity contribution in [2.45, 2.75) is 128 Å². The van der Waals surface area contributed by atoms with Gasteiger partial charge in [-0.3, -0.25) is 9.59 Å². The van der Waals surface area contributed by atoms with E-state index >= 15 is 0 Å². The molecule has 0 spiro atoms. The molecule has 4 aliphatic rings. The number of carbonyl (C=O) groups is 2. The number of anilines is 3. The van der Waals surface area contributed by atoms with Gasteiger partial charge in [0, 0.05) is 55.3 Å².